The molecule has 0 aromatic carbocycles. The van der Waals surface area contributed by atoms with Gasteiger partial charge in [0.25, 0.3) is 5.91 Å². The maximum atomic E-state index is 11.9. The second-order valence-electron chi connectivity index (χ2n) is 4.39. The first-order chi connectivity index (χ1) is 9.00. The standard InChI is InChI=1S/C11H16N4O3S/c1-2-12-10-6-13-9(5-14-10)11(16)15-8-3-4-19(17,18)7-8/h5-6,8H,2-4,7H2,1H3,(H,12,14)(H,15,16). The Hall–Kier alpha value is -1.70. The lowest BCUT2D eigenvalue weighted by Crippen LogP contribution is -2.36. The molecule has 1 aromatic rings. The highest BCUT2D eigenvalue weighted by molar-refractivity contribution is 7.91. The Kier molecular flexibility index (Phi) is 3.98. The van der Waals surface area contributed by atoms with E-state index in [1.807, 2.05) is 6.92 Å². The van der Waals surface area contributed by atoms with Gasteiger partial charge in [0.05, 0.1) is 23.9 Å². The number of sulfone groups is 1. The number of amides is 1. The van der Waals surface area contributed by atoms with Crippen LogP contribution in [-0.2, 0) is 9.84 Å². The third-order valence-corrected chi connectivity index (χ3v) is 4.58. The highest BCUT2D eigenvalue weighted by Gasteiger charge is 2.29. The van der Waals surface area contributed by atoms with Gasteiger partial charge in [-0.15, -0.1) is 0 Å². The number of hydrogen-bond donors (Lipinski definition) is 2. The third kappa shape index (κ3) is 3.63. The van der Waals surface area contributed by atoms with E-state index in [2.05, 4.69) is 20.6 Å². The summed E-state index contributed by atoms with van der Waals surface area (Å²) in [5.41, 5.74) is 0.186. The van der Waals surface area contributed by atoms with Crippen LogP contribution in [-0.4, -0.2) is 48.4 Å². The number of nitrogens with zero attached hydrogens (tertiary/aromatic N) is 2. The van der Waals surface area contributed by atoms with Gasteiger partial charge in [0, 0.05) is 12.6 Å². The molecule has 1 amide bonds. The summed E-state index contributed by atoms with van der Waals surface area (Å²) in [5.74, 6) is 0.338. The van der Waals surface area contributed by atoms with Crippen molar-refractivity contribution in [1.29, 1.82) is 0 Å². The fourth-order valence-corrected chi connectivity index (χ4v) is 3.56. The third-order valence-electron chi connectivity index (χ3n) is 2.81. The fraction of sp³-hybridized carbons (Fsp3) is 0.545. The highest BCUT2D eigenvalue weighted by Crippen LogP contribution is 2.11. The van der Waals surface area contributed by atoms with Gasteiger partial charge >= 0.3 is 0 Å². The van der Waals surface area contributed by atoms with Gasteiger partial charge in [0.2, 0.25) is 0 Å². The molecular formula is C11H16N4O3S. The van der Waals surface area contributed by atoms with Crippen LogP contribution in [0.5, 0.6) is 0 Å². The van der Waals surface area contributed by atoms with E-state index < -0.39 is 15.7 Å². The Balaban J connectivity index is 1.96. The maximum absolute atomic E-state index is 11.9. The molecule has 104 valence electrons. The second kappa shape index (κ2) is 5.52. The molecule has 2 rings (SSSR count). The van der Waals surface area contributed by atoms with Crippen molar-refractivity contribution < 1.29 is 13.2 Å². The summed E-state index contributed by atoms with van der Waals surface area (Å²) in [6.07, 6.45) is 3.30. The first-order valence-electron chi connectivity index (χ1n) is 6.07. The number of carbonyl (C=O) groups is 1. The number of hydrogen-bond acceptors (Lipinski definition) is 6. The largest absolute Gasteiger partial charge is 0.369 e. The predicted molar refractivity (Wildman–Crippen MR) is 70.7 cm³/mol. The number of rotatable bonds is 4. The average molecular weight is 284 g/mol. The summed E-state index contributed by atoms with van der Waals surface area (Å²) < 4.78 is 22.6. The minimum atomic E-state index is -3.00. The first kappa shape index (κ1) is 13.7. The molecule has 1 aromatic heterocycles. The molecule has 0 aliphatic carbocycles. The zero-order valence-electron chi connectivity index (χ0n) is 10.6. The van der Waals surface area contributed by atoms with Gasteiger partial charge in [-0.3, -0.25) is 4.79 Å². The minimum absolute atomic E-state index is 0.00163. The van der Waals surface area contributed by atoms with Crippen LogP contribution in [0.3, 0.4) is 0 Å². The lowest BCUT2D eigenvalue weighted by Gasteiger charge is -2.10. The van der Waals surface area contributed by atoms with Gasteiger partial charge in [-0.05, 0) is 13.3 Å². The Bertz CT molecular complexity index is 556. The smallest absolute Gasteiger partial charge is 0.271 e. The van der Waals surface area contributed by atoms with Gasteiger partial charge in [0.15, 0.2) is 9.84 Å². The van der Waals surface area contributed by atoms with E-state index in [1.165, 1.54) is 12.4 Å². The summed E-state index contributed by atoms with van der Waals surface area (Å²) in [4.78, 5) is 19.9. The average Bonchev–Trinajstić information content (AvgIpc) is 2.70. The van der Waals surface area contributed by atoms with E-state index in [0.717, 1.165) is 6.54 Å². The van der Waals surface area contributed by atoms with E-state index >= 15 is 0 Å². The fourth-order valence-electron chi connectivity index (χ4n) is 1.89. The quantitative estimate of drug-likeness (QED) is 0.795. The monoisotopic (exact) mass is 284 g/mol. The summed E-state index contributed by atoms with van der Waals surface area (Å²) in [6.45, 7) is 2.66. The van der Waals surface area contributed by atoms with Crippen LogP contribution in [0.1, 0.15) is 23.8 Å². The topological polar surface area (TPSA) is 101 Å². The molecule has 8 heteroatoms. The van der Waals surface area contributed by atoms with E-state index in [4.69, 9.17) is 0 Å². The molecule has 1 aliphatic heterocycles. The number of carbonyl (C=O) groups excluding carboxylic acids is 1. The second-order valence-corrected chi connectivity index (χ2v) is 6.62. The molecular weight excluding hydrogens is 268 g/mol. The summed E-state index contributed by atoms with van der Waals surface area (Å²) in [6, 6.07) is -0.326. The Labute approximate surface area is 111 Å². The molecule has 7 nitrogen and oxygen atoms in total. The number of anilines is 1. The molecule has 1 unspecified atom stereocenters. The number of aromatic nitrogens is 2. The minimum Gasteiger partial charge on any atom is -0.369 e. The van der Waals surface area contributed by atoms with Crippen molar-refractivity contribution in [2.75, 3.05) is 23.4 Å². The molecule has 0 saturated carbocycles. The van der Waals surface area contributed by atoms with Crippen molar-refractivity contribution in [3.05, 3.63) is 18.1 Å². The molecule has 0 radical (unpaired) electrons. The Morgan fingerprint density at radius 1 is 1.42 bits per heavy atom. The van der Waals surface area contributed by atoms with Gasteiger partial charge in [-0.25, -0.2) is 18.4 Å². The van der Waals surface area contributed by atoms with Gasteiger partial charge in [0.1, 0.15) is 11.5 Å². The molecule has 1 fully saturated rings. The molecule has 19 heavy (non-hydrogen) atoms. The Morgan fingerprint density at radius 3 is 2.74 bits per heavy atom. The predicted octanol–water partition coefficient (Wildman–Crippen LogP) is -0.175. The molecule has 2 N–H and O–H groups in total. The van der Waals surface area contributed by atoms with E-state index in [9.17, 15) is 13.2 Å². The maximum Gasteiger partial charge on any atom is 0.271 e. The van der Waals surface area contributed by atoms with Crippen molar-refractivity contribution in [3.8, 4) is 0 Å². The van der Waals surface area contributed by atoms with E-state index in [0.29, 0.717) is 12.2 Å². The molecule has 1 aliphatic rings. The molecule has 1 atom stereocenters. The van der Waals surface area contributed by atoms with Crippen molar-refractivity contribution in [2.24, 2.45) is 0 Å². The van der Waals surface area contributed by atoms with Gasteiger partial charge in [-0.2, -0.15) is 0 Å². The van der Waals surface area contributed by atoms with Crippen molar-refractivity contribution in [3.63, 3.8) is 0 Å². The molecule has 2 heterocycles. The zero-order valence-corrected chi connectivity index (χ0v) is 11.4. The normalized spacial score (nSPS) is 21.0. The summed E-state index contributed by atoms with van der Waals surface area (Å²) in [5, 5.41) is 5.63. The number of nitrogens with one attached hydrogen (secondary N) is 2. The van der Waals surface area contributed by atoms with Crippen LogP contribution in [0.15, 0.2) is 12.4 Å². The lowest BCUT2D eigenvalue weighted by molar-refractivity contribution is 0.0935. The molecule has 0 spiro atoms. The van der Waals surface area contributed by atoms with Crippen molar-refractivity contribution in [2.45, 2.75) is 19.4 Å². The Morgan fingerprint density at radius 2 is 2.21 bits per heavy atom. The summed E-state index contributed by atoms with van der Waals surface area (Å²) in [7, 11) is -3.00. The first-order valence-corrected chi connectivity index (χ1v) is 7.89. The van der Waals surface area contributed by atoms with Gasteiger partial charge < -0.3 is 10.6 Å². The highest BCUT2D eigenvalue weighted by atomic mass is 32.2. The van der Waals surface area contributed by atoms with Gasteiger partial charge in [-0.1, -0.05) is 0 Å². The molecule has 0 bridgehead atoms. The lowest BCUT2D eigenvalue weighted by atomic mass is 10.2. The van der Waals surface area contributed by atoms with Crippen LogP contribution in [0.25, 0.3) is 0 Å². The van der Waals surface area contributed by atoms with Crippen LogP contribution in [0.2, 0.25) is 0 Å². The summed E-state index contributed by atoms with van der Waals surface area (Å²) >= 11 is 0. The van der Waals surface area contributed by atoms with Crippen LogP contribution < -0.4 is 10.6 Å². The molecule has 1 saturated heterocycles. The zero-order chi connectivity index (χ0) is 13.9. The van der Waals surface area contributed by atoms with Crippen molar-refractivity contribution in [1.82, 2.24) is 15.3 Å². The van der Waals surface area contributed by atoms with Crippen LogP contribution in [0, 0.1) is 0 Å². The SMILES string of the molecule is CCNc1cnc(C(=O)NC2CCS(=O)(=O)C2)cn1. The van der Waals surface area contributed by atoms with Crippen LogP contribution in [0.4, 0.5) is 5.82 Å². The van der Waals surface area contributed by atoms with E-state index in [1.54, 1.807) is 0 Å². The van der Waals surface area contributed by atoms with Crippen LogP contribution >= 0.6 is 0 Å². The van der Waals surface area contributed by atoms with Crippen molar-refractivity contribution >= 4 is 21.6 Å². The van der Waals surface area contributed by atoms with E-state index in [-0.39, 0.29) is 23.2 Å².